The number of rotatable bonds is 2. The summed E-state index contributed by atoms with van der Waals surface area (Å²) in [6.45, 7) is 0.478. The number of amides is 1. The van der Waals surface area contributed by atoms with Crippen molar-refractivity contribution in [3.8, 4) is 0 Å². The number of aromatic nitrogens is 1. The lowest BCUT2D eigenvalue weighted by atomic mass is 10.2. The van der Waals surface area contributed by atoms with Gasteiger partial charge < -0.3 is 16.0 Å². The lowest BCUT2D eigenvalue weighted by Gasteiger charge is -2.25. The molecule has 0 aromatic carbocycles. The zero-order valence-corrected chi connectivity index (χ0v) is 10.9. The molecule has 20 heavy (non-hydrogen) atoms. The molecule has 1 aromatic rings. The Kier molecular flexibility index (Phi) is 3.74. The van der Waals surface area contributed by atoms with Crippen molar-refractivity contribution in [1.82, 2.24) is 10.3 Å². The van der Waals surface area contributed by atoms with E-state index in [1.54, 1.807) is 4.90 Å². The summed E-state index contributed by atoms with van der Waals surface area (Å²) in [7, 11) is 1.49. The number of nitrogens with zero attached hydrogens (tertiary/aromatic N) is 2. The number of nitrogen functional groups attached to an aromatic ring is 1. The molecule has 0 bridgehead atoms. The van der Waals surface area contributed by atoms with Gasteiger partial charge in [0.25, 0.3) is 0 Å². The van der Waals surface area contributed by atoms with Gasteiger partial charge in [0.15, 0.2) is 0 Å². The fourth-order valence-electron chi connectivity index (χ4n) is 2.33. The van der Waals surface area contributed by atoms with Crippen LogP contribution in [0.3, 0.4) is 0 Å². The predicted octanol–water partition coefficient (Wildman–Crippen LogP) is 1.40. The highest BCUT2D eigenvalue weighted by atomic mass is 19.4. The molecule has 1 fully saturated rings. The van der Waals surface area contributed by atoms with Gasteiger partial charge in [0.05, 0.1) is 5.56 Å². The summed E-state index contributed by atoms with van der Waals surface area (Å²) in [5.74, 6) is -0.360. The first-order chi connectivity index (χ1) is 9.32. The lowest BCUT2D eigenvalue weighted by molar-refractivity contribution is -0.137. The molecule has 0 spiro atoms. The molecule has 1 unspecified atom stereocenters. The number of carbonyl (C=O) groups is 1. The highest BCUT2D eigenvalue weighted by Gasteiger charge is 2.35. The van der Waals surface area contributed by atoms with Crippen LogP contribution in [0, 0.1) is 0 Å². The molecule has 1 aromatic heterocycles. The summed E-state index contributed by atoms with van der Waals surface area (Å²) in [5, 5.41) is 2.50. The molecule has 1 amide bonds. The number of anilines is 2. The van der Waals surface area contributed by atoms with Crippen molar-refractivity contribution in [3.05, 3.63) is 17.7 Å². The predicted molar refractivity (Wildman–Crippen MR) is 68.1 cm³/mol. The minimum absolute atomic E-state index is 0.0865. The smallest absolute Gasteiger partial charge is 0.384 e. The van der Waals surface area contributed by atoms with E-state index >= 15 is 0 Å². The minimum Gasteiger partial charge on any atom is -0.384 e. The second-order valence-electron chi connectivity index (χ2n) is 4.60. The summed E-state index contributed by atoms with van der Waals surface area (Å²) < 4.78 is 38.3. The SMILES string of the molecule is CNC(=O)C1CCCN1c1cc(C(F)(F)F)cc(N)n1. The molecule has 1 aliphatic rings. The van der Waals surface area contributed by atoms with E-state index in [2.05, 4.69) is 10.3 Å². The fraction of sp³-hybridized carbons (Fsp3) is 0.500. The first kappa shape index (κ1) is 14.4. The molecule has 2 heterocycles. The maximum absolute atomic E-state index is 12.8. The Balaban J connectivity index is 2.37. The van der Waals surface area contributed by atoms with Crippen LogP contribution < -0.4 is 16.0 Å². The van der Waals surface area contributed by atoms with Crippen LogP contribution >= 0.6 is 0 Å². The van der Waals surface area contributed by atoms with Gasteiger partial charge in [0.2, 0.25) is 5.91 Å². The molecular weight excluding hydrogens is 273 g/mol. The van der Waals surface area contributed by atoms with Gasteiger partial charge in [0.1, 0.15) is 17.7 Å². The summed E-state index contributed by atoms with van der Waals surface area (Å²) in [5.41, 5.74) is 4.58. The van der Waals surface area contributed by atoms with Crippen LogP contribution in [0.5, 0.6) is 0 Å². The second-order valence-corrected chi connectivity index (χ2v) is 4.60. The first-order valence-electron chi connectivity index (χ1n) is 6.16. The zero-order chi connectivity index (χ0) is 14.9. The molecule has 5 nitrogen and oxygen atoms in total. The first-order valence-corrected chi connectivity index (χ1v) is 6.16. The van der Waals surface area contributed by atoms with Crippen molar-refractivity contribution in [2.24, 2.45) is 0 Å². The molecule has 0 radical (unpaired) electrons. The molecule has 8 heteroatoms. The number of likely N-dealkylation sites (N-methyl/N-ethyl adjacent to an activating group) is 1. The van der Waals surface area contributed by atoms with Crippen molar-refractivity contribution in [2.45, 2.75) is 25.1 Å². The molecular formula is C12H15F3N4O. The molecule has 0 aliphatic carbocycles. The van der Waals surface area contributed by atoms with Crippen molar-refractivity contribution in [1.29, 1.82) is 0 Å². The molecule has 1 atom stereocenters. The Labute approximate surface area is 114 Å². The van der Waals surface area contributed by atoms with Gasteiger partial charge >= 0.3 is 6.18 Å². The van der Waals surface area contributed by atoms with Gasteiger partial charge in [-0.25, -0.2) is 4.98 Å². The van der Waals surface area contributed by atoms with E-state index in [0.29, 0.717) is 13.0 Å². The van der Waals surface area contributed by atoms with Crippen molar-refractivity contribution >= 4 is 17.5 Å². The van der Waals surface area contributed by atoms with Gasteiger partial charge in [-0.15, -0.1) is 0 Å². The normalized spacial score (nSPS) is 19.2. The highest BCUT2D eigenvalue weighted by Crippen LogP contribution is 2.34. The van der Waals surface area contributed by atoms with Crippen molar-refractivity contribution in [2.75, 3.05) is 24.2 Å². The number of nitrogens with two attached hydrogens (primary N) is 1. The fourth-order valence-corrected chi connectivity index (χ4v) is 2.33. The second kappa shape index (κ2) is 5.18. The van der Waals surface area contributed by atoms with Gasteiger partial charge in [-0.2, -0.15) is 13.2 Å². The maximum Gasteiger partial charge on any atom is 0.416 e. The van der Waals surface area contributed by atoms with E-state index in [-0.39, 0.29) is 17.5 Å². The highest BCUT2D eigenvalue weighted by molar-refractivity contribution is 5.85. The Morgan fingerprint density at radius 3 is 2.80 bits per heavy atom. The average Bonchev–Trinajstić information content (AvgIpc) is 2.85. The Morgan fingerprint density at radius 1 is 1.50 bits per heavy atom. The van der Waals surface area contributed by atoms with E-state index in [9.17, 15) is 18.0 Å². The van der Waals surface area contributed by atoms with Gasteiger partial charge in [-0.05, 0) is 25.0 Å². The third-order valence-corrected chi connectivity index (χ3v) is 3.26. The summed E-state index contributed by atoms with van der Waals surface area (Å²) in [6, 6.07) is 1.21. The number of halogens is 3. The van der Waals surface area contributed by atoms with Crippen LogP contribution in [0.4, 0.5) is 24.8 Å². The summed E-state index contributed by atoms with van der Waals surface area (Å²) in [4.78, 5) is 17.2. The van der Waals surface area contributed by atoms with Crippen LogP contribution in [0.15, 0.2) is 12.1 Å². The topological polar surface area (TPSA) is 71.2 Å². The monoisotopic (exact) mass is 288 g/mol. The average molecular weight is 288 g/mol. The van der Waals surface area contributed by atoms with Crippen LogP contribution in [0.1, 0.15) is 18.4 Å². The van der Waals surface area contributed by atoms with Crippen LogP contribution in [-0.2, 0) is 11.0 Å². The molecule has 3 N–H and O–H groups in total. The number of hydrogen-bond donors (Lipinski definition) is 2. The van der Waals surface area contributed by atoms with E-state index in [0.717, 1.165) is 18.6 Å². The minimum atomic E-state index is -4.49. The molecule has 0 saturated carbocycles. The molecule has 2 rings (SSSR count). The Morgan fingerprint density at radius 2 is 2.20 bits per heavy atom. The number of alkyl halides is 3. The van der Waals surface area contributed by atoms with Crippen molar-refractivity contribution < 1.29 is 18.0 Å². The van der Waals surface area contributed by atoms with E-state index < -0.39 is 17.8 Å². The maximum atomic E-state index is 12.8. The van der Waals surface area contributed by atoms with Gasteiger partial charge in [0, 0.05) is 13.6 Å². The lowest BCUT2D eigenvalue weighted by Crippen LogP contribution is -2.42. The molecule has 1 aliphatic heterocycles. The van der Waals surface area contributed by atoms with Crippen LogP contribution in [0.2, 0.25) is 0 Å². The Hall–Kier alpha value is -1.99. The standard InChI is InChI=1S/C12H15F3N4O/c1-17-11(20)8-3-2-4-19(8)10-6-7(12(13,14)15)5-9(16)18-10/h5-6,8H,2-4H2,1H3,(H2,16,18)(H,17,20). The largest absolute Gasteiger partial charge is 0.416 e. The Bertz CT molecular complexity index is 518. The van der Waals surface area contributed by atoms with Crippen LogP contribution in [-0.4, -0.2) is 30.5 Å². The van der Waals surface area contributed by atoms with Gasteiger partial charge in [-0.3, -0.25) is 4.79 Å². The van der Waals surface area contributed by atoms with E-state index in [4.69, 9.17) is 5.73 Å². The van der Waals surface area contributed by atoms with Crippen LogP contribution in [0.25, 0.3) is 0 Å². The molecule has 1 saturated heterocycles. The number of nitrogens with one attached hydrogen (secondary N) is 1. The van der Waals surface area contributed by atoms with Gasteiger partial charge in [-0.1, -0.05) is 0 Å². The summed E-state index contributed by atoms with van der Waals surface area (Å²) in [6.07, 6.45) is -3.19. The number of hydrogen-bond acceptors (Lipinski definition) is 4. The quantitative estimate of drug-likeness (QED) is 0.863. The molecule has 110 valence electrons. The van der Waals surface area contributed by atoms with Crippen molar-refractivity contribution in [3.63, 3.8) is 0 Å². The van der Waals surface area contributed by atoms with E-state index in [1.807, 2.05) is 0 Å². The zero-order valence-electron chi connectivity index (χ0n) is 10.9. The number of carbonyl (C=O) groups excluding carboxylic acids is 1. The summed E-state index contributed by atoms with van der Waals surface area (Å²) >= 11 is 0. The van der Waals surface area contributed by atoms with E-state index in [1.165, 1.54) is 7.05 Å². The third kappa shape index (κ3) is 2.78. The third-order valence-electron chi connectivity index (χ3n) is 3.26. The number of pyridine rings is 1.